The van der Waals surface area contributed by atoms with E-state index in [0.717, 1.165) is 17.3 Å². The molecule has 4 rings (SSSR count). The quantitative estimate of drug-likeness (QED) is 0.408. The Hall–Kier alpha value is -3.72. The van der Waals surface area contributed by atoms with Gasteiger partial charge >= 0.3 is 5.97 Å². The number of amides is 1. The van der Waals surface area contributed by atoms with Crippen molar-refractivity contribution in [3.8, 4) is 17.2 Å². The Morgan fingerprint density at radius 3 is 2.30 bits per heavy atom. The van der Waals surface area contributed by atoms with Gasteiger partial charge in [0, 0.05) is 28.6 Å². The molecule has 37 heavy (non-hydrogen) atoms. The Morgan fingerprint density at radius 1 is 1.03 bits per heavy atom. The van der Waals surface area contributed by atoms with E-state index in [4.69, 9.17) is 14.2 Å². The van der Waals surface area contributed by atoms with Crippen molar-refractivity contribution in [2.75, 3.05) is 21.3 Å². The lowest BCUT2D eigenvalue weighted by molar-refractivity contribution is -0.140. The maximum absolute atomic E-state index is 15.4. The molecule has 2 atom stereocenters. The first-order chi connectivity index (χ1) is 17.7. The second kappa shape index (κ2) is 10.7. The highest BCUT2D eigenvalue weighted by Gasteiger charge is 2.59. The van der Waals surface area contributed by atoms with Crippen molar-refractivity contribution in [1.82, 2.24) is 4.90 Å². The number of carbonyl (C=O) groups is 2. The molecule has 1 aliphatic rings. The molecule has 0 bridgehead atoms. The number of carbonyl (C=O) groups excluding carboxylic acids is 1. The van der Waals surface area contributed by atoms with Gasteiger partial charge in [0.2, 0.25) is 5.91 Å². The highest BCUT2D eigenvalue weighted by atomic mass is 32.2. The number of hydrogen-bond acceptors (Lipinski definition) is 6. The Labute approximate surface area is 219 Å². The lowest BCUT2D eigenvalue weighted by atomic mass is 9.91. The Kier molecular flexibility index (Phi) is 7.63. The molecular formula is C28H28FNO6S. The third-order valence-electron chi connectivity index (χ3n) is 6.50. The molecule has 1 N–H and O–H groups in total. The van der Waals surface area contributed by atoms with Gasteiger partial charge < -0.3 is 24.2 Å². The number of ether oxygens (including phenoxy) is 3. The van der Waals surface area contributed by atoms with E-state index in [2.05, 4.69) is 0 Å². The zero-order valence-electron chi connectivity index (χ0n) is 21.0. The summed E-state index contributed by atoms with van der Waals surface area (Å²) in [7, 11) is 4.48. The van der Waals surface area contributed by atoms with Crippen molar-refractivity contribution in [2.45, 2.75) is 35.6 Å². The number of thioether (sulfide) groups is 1. The normalized spacial score (nSPS) is 19.1. The predicted molar refractivity (Wildman–Crippen MR) is 138 cm³/mol. The Bertz CT molecular complexity index is 1310. The summed E-state index contributed by atoms with van der Waals surface area (Å²) in [6.07, 6.45) is -0.319. The molecule has 0 spiro atoms. The van der Waals surface area contributed by atoms with Gasteiger partial charge in [-0.1, -0.05) is 17.7 Å². The molecule has 194 valence electrons. The second-order valence-corrected chi connectivity index (χ2v) is 10.2. The van der Waals surface area contributed by atoms with Gasteiger partial charge in [-0.25, -0.2) is 4.39 Å². The topological polar surface area (TPSA) is 85.3 Å². The van der Waals surface area contributed by atoms with E-state index in [1.807, 2.05) is 31.2 Å². The highest BCUT2D eigenvalue weighted by Crippen LogP contribution is 2.54. The van der Waals surface area contributed by atoms with Crippen LogP contribution in [0.2, 0.25) is 0 Å². The van der Waals surface area contributed by atoms with Crippen LogP contribution >= 0.6 is 11.8 Å². The van der Waals surface area contributed by atoms with E-state index in [0.29, 0.717) is 27.7 Å². The number of likely N-dealkylation sites (tertiary alicyclic amines) is 1. The van der Waals surface area contributed by atoms with Crippen molar-refractivity contribution in [3.63, 3.8) is 0 Å². The molecule has 0 radical (unpaired) electrons. The first-order valence-corrected chi connectivity index (χ1v) is 12.4. The summed E-state index contributed by atoms with van der Waals surface area (Å²) >= 11 is 1.05. The molecule has 1 heterocycles. The smallest absolute Gasteiger partial charge is 0.323 e. The molecule has 1 amide bonds. The number of aliphatic carboxylic acids is 1. The Balaban J connectivity index is 1.87. The number of halogens is 1. The summed E-state index contributed by atoms with van der Waals surface area (Å²) in [5.41, 5.74) is 1.71. The summed E-state index contributed by atoms with van der Waals surface area (Å²) in [5.74, 6) is -0.843. The number of carboxylic acids is 1. The molecular weight excluding hydrogens is 497 g/mol. The van der Waals surface area contributed by atoms with Gasteiger partial charge in [0.1, 0.15) is 23.1 Å². The van der Waals surface area contributed by atoms with Crippen LogP contribution in [-0.4, -0.2) is 48.0 Å². The van der Waals surface area contributed by atoms with E-state index in [9.17, 15) is 14.7 Å². The van der Waals surface area contributed by atoms with E-state index in [1.165, 1.54) is 44.4 Å². The van der Waals surface area contributed by atoms with Crippen molar-refractivity contribution < 1.29 is 33.3 Å². The van der Waals surface area contributed by atoms with Gasteiger partial charge in [-0.15, -0.1) is 11.8 Å². The molecule has 0 saturated carbocycles. The number of methoxy groups -OCH3 is 3. The minimum atomic E-state index is -1.70. The van der Waals surface area contributed by atoms with E-state index in [1.54, 1.807) is 18.2 Å². The van der Waals surface area contributed by atoms with Gasteiger partial charge in [-0.3, -0.25) is 9.59 Å². The van der Waals surface area contributed by atoms with Crippen LogP contribution in [0.5, 0.6) is 17.2 Å². The molecule has 0 unspecified atom stereocenters. The fraction of sp³-hybridized carbons (Fsp3) is 0.286. The van der Waals surface area contributed by atoms with E-state index >= 15 is 4.39 Å². The summed E-state index contributed by atoms with van der Waals surface area (Å²) < 4.78 is 29.8. The molecule has 0 aromatic heterocycles. The lowest BCUT2D eigenvalue weighted by Gasteiger charge is -2.35. The number of hydrogen-bond donors (Lipinski definition) is 1. The van der Waals surface area contributed by atoms with Crippen LogP contribution in [0.4, 0.5) is 4.39 Å². The van der Waals surface area contributed by atoms with Crippen molar-refractivity contribution in [1.29, 1.82) is 0 Å². The number of aryl methyl sites for hydroxylation is 1. The van der Waals surface area contributed by atoms with Crippen molar-refractivity contribution in [3.05, 3.63) is 83.2 Å². The van der Waals surface area contributed by atoms with Gasteiger partial charge in [0.15, 0.2) is 4.75 Å². The standard InChI is InChI=1S/C28H28FNO6S/c1-17-5-10-21(11-6-17)37-28(27(32)33)15-25(31)30(16-18-7-8-20(35-3)14-24(18)36-4)26(28)22-13-19(34-2)9-12-23(22)29/h5-14,26H,15-16H2,1-4H3,(H,32,33)/t26-,28-/m1/s1. The van der Waals surface area contributed by atoms with Crippen LogP contribution < -0.4 is 14.2 Å². The third kappa shape index (κ3) is 5.09. The van der Waals surface area contributed by atoms with Crippen LogP contribution in [0, 0.1) is 12.7 Å². The van der Waals surface area contributed by atoms with Crippen LogP contribution in [0.3, 0.4) is 0 Å². The van der Waals surface area contributed by atoms with Crippen LogP contribution in [-0.2, 0) is 16.1 Å². The number of rotatable bonds is 9. The van der Waals surface area contributed by atoms with Crippen LogP contribution in [0.15, 0.2) is 65.6 Å². The van der Waals surface area contributed by atoms with Crippen molar-refractivity contribution in [2.24, 2.45) is 0 Å². The highest BCUT2D eigenvalue weighted by molar-refractivity contribution is 8.01. The van der Waals surface area contributed by atoms with Gasteiger partial charge in [-0.05, 0) is 49.4 Å². The van der Waals surface area contributed by atoms with E-state index in [-0.39, 0.29) is 18.5 Å². The summed E-state index contributed by atoms with van der Waals surface area (Å²) in [6.45, 7) is 1.94. The number of nitrogens with zero attached hydrogens (tertiary/aromatic N) is 1. The SMILES string of the molecule is COc1ccc(CN2C(=O)C[C@](Sc3ccc(C)cc3)(C(=O)O)[C@H]2c2cc(OC)ccc2F)c(OC)c1. The maximum Gasteiger partial charge on any atom is 0.323 e. The summed E-state index contributed by atoms with van der Waals surface area (Å²) in [4.78, 5) is 28.6. The minimum Gasteiger partial charge on any atom is -0.497 e. The molecule has 0 aliphatic carbocycles. The monoisotopic (exact) mass is 525 g/mol. The zero-order chi connectivity index (χ0) is 26.7. The number of carboxylic acid groups (broad SMARTS) is 1. The van der Waals surface area contributed by atoms with Crippen molar-refractivity contribution >= 4 is 23.6 Å². The van der Waals surface area contributed by atoms with Gasteiger partial charge in [0.05, 0.1) is 33.8 Å². The average molecular weight is 526 g/mol. The largest absolute Gasteiger partial charge is 0.497 e. The molecule has 1 saturated heterocycles. The zero-order valence-corrected chi connectivity index (χ0v) is 21.8. The second-order valence-electron chi connectivity index (χ2n) is 8.78. The fourth-order valence-corrected chi connectivity index (χ4v) is 5.93. The average Bonchev–Trinajstić information content (AvgIpc) is 3.17. The molecule has 1 aliphatic heterocycles. The van der Waals surface area contributed by atoms with Gasteiger partial charge in [0.25, 0.3) is 0 Å². The predicted octanol–water partition coefficient (Wildman–Crippen LogP) is 5.25. The molecule has 9 heteroatoms. The van der Waals surface area contributed by atoms with Crippen LogP contribution in [0.1, 0.15) is 29.2 Å². The number of benzene rings is 3. The van der Waals surface area contributed by atoms with Crippen LogP contribution in [0.25, 0.3) is 0 Å². The molecule has 3 aromatic carbocycles. The lowest BCUT2D eigenvalue weighted by Crippen LogP contribution is -2.42. The van der Waals surface area contributed by atoms with E-state index < -0.39 is 28.5 Å². The maximum atomic E-state index is 15.4. The molecule has 7 nitrogen and oxygen atoms in total. The summed E-state index contributed by atoms with van der Waals surface area (Å²) in [5, 5.41) is 10.6. The third-order valence-corrected chi connectivity index (χ3v) is 7.92. The van der Waals surface area contributed by atoms with Gasteiger partial charge in [-0.2, -0.15) is 0 Å². The minimum absolute atomic E-state index is 0.0107. The molecule has 3 aromatic rings. The Morgan fingerprint density at radius 2 is 1.68 bits per heavy atom. The fourth-order valence-electron chi connectivity index (χ4n) is 4.59. The molecule has 1 fully saturated rings. The first-order valence-electron chi connectivity index (χ1n) is 11.5. The summed E-state index contributed by atoms with van der Waals surface area (Å²) in [6, 6.07) is 15.5. The first kappa shape index (κ1) is 26.3.